The first kappa shape index (κ1) is 15.1. The summed E-state index contributed by atoms with van der Waals surface area (Å²) < 4.78 is 0. The van der Waals surface area contributed by atoms with E-state index in [1.807, 2.05) is 6.92 Å². The van der Waals surface area contributed by atoms with Gasteiger partial charge in [-0.05, 0) is 18.4 Å². The Morgan fingerprint density at radius 1 is 1.35 bits per heavy atom. The van der Waals surface area contributed by atoms with Crippen molar-refractivity contribution >= 4 is 0 Å². The zero-order chi connectivity index (χ0) is 14.4. The van der Waals surface area contributed by atoms with Crippen LogP contribution in [0.2, 0.25) is 0 Å². The van der Waals surface area contributed by atoms with Crippen LogP contribution < -0.4 is 5.32 Å². The van der Waals surface area contributed by atoms with Gasteiger partial charge < -0.3 is 5.32 Å². The minimum atomic E-state index is 0.442. The highest BCUT2D eigenvalue weighted by Gasteiger charge is 2.30. The van der Waals surface area contributed by atoms with Gasteiger partial charge in [-0.1, -0.05) is 56.5 Å². The molecule has 0 spiro atoms. The lowest BCUT2D eigenvalue weighted by atomic mass is 9.93. The summed E-state index contributed by atoms with van der Waals surface area (Å²) in [6, 6.07) is 11.8. The van der Waals surface area contributed by atoms with Crippen molar-refractivity contribution in [1.29, 1.82) is 0 Å². The molecule has 1 aromatic carbocycles. The molecule has 0 aromatic heterocycles. The van der Waals surface area contributed by atoms with Crippen molar-refractivity contribution < 1.29 is 0 Å². The van der Waals surface area contributed by atoms with E-state index in [0.29, 0.717) is 18.0 Å². The first-order chi connectivity index (χ1) is 9.76. The fraction of sp³-hybridized carbons (Fsp3) is 0.556. The maximum absolute atomic E-state index is 3.73. The topological polar surface area (TPSA) is 15.3 Å². The van der Waals surface area contributed by atoms with E-state index in [2.05, 4.69) is 66.2 Å². The molecule has 1 fully saturated rings. The number of benzene rings is 1. The van der Waals surface area contributed by atoms with Gasteiger partial charge in [-0.3, -0.25) is 4.90 Å². The number of nitrogens with zero attached hydrogens (tertiary/aromatic N) is 1. The highest BCUT2D eigenvalue weighted by molar-refractivity contribution is 5.21. The van der Waals surface area contributed by atoms with Gasteiger partial charge in [-0.25, -0.2) is 0 Å². The predicted octanol–water partition coefficient (Wildman–Crippen LogP) is 3.07. The van der Waals surface area contributed by atoms with Crippen LogP contribution in [0, 0.1) is 17.8 Å². The van der Waals surface area contributed by atoms with Gasteiger partial charge in [-0.2, -0.15) is 0 Å². The van der Waals surface area contributed by atoms with Crippen molar-refractivity contribution in [2.24, 2.45) is 5.92 Å². The second kappa shape index (κ2) is 7.47. The summed E-state index contributed by atoms with van der Waals surface area (Å²) >= 11 is 0. The van der Waals surface area contributed by atoms with Gasteiger partial charge in [0.15, 0.2) is 0 Å². The Balaban J connectivity index is 2.13. The Kier molecular flexibility index (Phi) is 5.64. The van der Waals surface area contributed by atoms with Crippen LogP contribution in [0.1, 0.15) is 38.8 Å². The highest BCUT2D eigenvalue weighted by atomic mass is 15.2. The van der Waals surface area contributed by atoms with Crippen LogP contribution in [0.15, 0.2) is 30.3 Å². The molecule has 1 heterocycles. The van der Waals surface area contributed by atoms with E-state index in [0.717, 1.165) is 19.6 Å². The van der Waals surface area contributed by atoms with E-state index in [4.69, 9.17) is 0 Å². The lowest BCUT2D eigenvalue weighted by Crippen LogP contribution is -2.54. The molecular weight excluding hydrogens is 244 g/mol. The summed E-state index contributed by atoms with van der Waals surface area (Å²) in [5, 5.41) is 3.73. The molecule has 108 valence electrons. The van der Waals surface area contributed by atoms with E-state index < -0.39 is 0 Å². The normalized spacial score (nSPS) is 24.8. The molecule has 0 radical (unpaired) electrons. The zero-order valence-corrected chi connectivity index (χ0v) is 12.9. The number of hydrogen-bond donors (Lipinski definition) is 1. The van der Waals surface area contributed by atoms with Crippen LogP contribution in [0.25, 0.3) is 0 Å². The van der Waals surface area contributed by atoms with Crippen LogP contribution in [0.3, 0.4) is 0 Å². The predicted molar refractivity (Wildman–Crippen MR) is 85.5 cm³/mol. The third-order valence-corrected chi connectivity index (χ3v) is 4.42. The minimum absolute atomic E-state index is 0.442. The number of hydrogen-bond acceptors (Lipinski definition) is 2. The maximum atomic E-state index is 3.73. The molecule has 3 atom stereocenters. The van der Waals surface area contributed by atoms with Crippen molar-refractivity contribution in [3.63, 3.8) is 0 Å². The minimum Gasteiger partial charge on any atom is -0.311 e. The van der Waals surface area contributed by atoms with Crippen molar-refractivity contribution in [2.75, 3.05) is 19.6 Å². The van der Waals surface area contributed by atoms with E-state index in [-0.39, 0.29) is 0 Å². The average molecular weight is 270 g/mol. The summed E-state index contributed by atoms with van der Waals surface area (Å²) in [6.45, 7) is 9.50. The quantitative estimate of drug-likeness (QED) is 0.846. The molecule has 0 saturated carbocycles. The molecule has 1 aliphatic rings. The van der Waals surface area contributed by atoms with E-state index >= 15 is 0 Å². The molecule has 0 bridgehead atoms. The van der Waals surface area contributed by atoms with Gasteiger partial charge in [0.1, 0.15) is 0 Å². The highest BCUT2D eigenvalue weighted by Crippen LogP contribution is 2.25. The Morgan fingerprint density at radius 2 is 2.10 bits per heavy atom. The average Bonchev–Trinajstić information content (AvgIpc) is 2.52. The summed E-state index contributed by atoms with van der Waals surface area (Å²) in [5.74, 6) is 6.99. The SMILES string of the molecule is CC#CCN1CC(C(C)CC)NCC1c1ccccc1. The van der Waals surface area contributed by atoms with E-state index in [1.54, 1.807) is 0 Å². The van der Waals surface area contributed by atoms with Gasteiger partial charge >= 0.3 is 0 Å². The van der Waals surface area contributed by atoms with Crippen molar-refractivity contribution in [3.8, 4) is 11.8 Å². The molecule has 1 aromatic rings. The van der Waals surface area contributed by atoms with Gasteiger partial charge in [0.2, 0.25) is 0 Å². The summed E-state index contributed by atoms with van der Waals surface area (Å²) in [6.07, 6.45) is 1.22. The third kappa shape index (κ3) is 3.62. The summed E-state index contributed by atoms with van der Waals surface area (Å²) in [5.41, 5.74) is 1.39. The van der Waals surface area contributed by atoms with E-state index in [1.165, 1.54) is 12.0 Å². The Bertz CT molecular complexity index is 457. The Morgan fingerprint density at radius 3 is 2.75 bits per heavy atom. The Labute approximate surface area is 123 Å². The lowest BCUT2D eigenvalue weighted by molar-refractivity contribution is 0.124. The van der Waals surface area contributed by atoms with Crippen LogP contribution in [0.4, 0.5) is 0 Å². The van der Waals surface area contributed by atoms with E-state index in [9.17, 15) is 0 Å². The molecule has 0 amide bonds. The molecule has 1 aliphatic heterocycles. The van der Waals surface area contributed by atoms with Crippen LogP contribution in [-0.4, -0.2) is 30.6 Å². The maximum Gasteiger partial charge on any atom is 0.0607 e. The smallest absolute Gasteiger partial charge is 0.0607 e. The molecule has 1 N–H and O–H groups in total. The third-order valence-electron chi connectivity index (χ3n) is 4.42. The molecular formula is C18H26N2. The van der Waals surface area contributed by atoms with Gasteiger partial charge in [0.05, 0.1) is 6.54 Å². The molecule has 2 rings (SSSR count). The fourth-order valence-electron chi connectivity index (χ4n) is 2.86. The summed E-state index contributed by atoms with van der Waals surface area (Å²) in [7, 11) is 0. The molecule has 0 aliphatic carbocycles. The molecule has 1 saturated heterocycles. The number of rotatable bonds is 4. The molecule has 3 unspecified atom stereocenters. The molecule has 2 heteroatoms. The van der Waals surface area contributed by atoms with Crippen LogP contribution in [-0.2, 0) is 0 Å². The van der Waals surface area contributed by atoms with Crippen molar-refractivity contribution in [2.45, 2.75) is 39.3 Å². The largest absolute Gasteiger partial charge is 0.311 e. The van der Waals surface area contributed by atoms with Gasteiger partial charge in [-0.15, -0.1) is 5.92 Å². The first-order valence-electron chi connectivity index (χ1n) is 7.68. The second-order valence-electron chi connectivity index (χ2n) is 5.68. The standard InChI is InChI=1S/C18H26N2/c1-4-6-12-20-14-17(15(3)5-2)19-13-18(20)16-10-8-7-9-11-16/h7-11,15,17-19H,5,12-14H2,1-3H3. The Hall–Kier alpha value is -1.30. The van der Waals surface area contributed by atoms with Crippen molar-refractivity contribution in [3.05, 3.63) is 35.9 Å². The van der Waals surface area contributed by atoms with Gasteiger partial charge in [0.25, 0.3) is 0 Å². The lowest BCUT2D eigenvalue weighted by Gasteiger charge is -2.41. The zero-order valence-electron chi connectivity index (χ0n) is 12.9. The first-order valence-corrected chi connectivity index (χ1v) is 7.68. The molecule has 2 nitrogen and oxygen atoms in total. The molecule has 20 heavy (non-hydrogen) atoms. The van der Waals surface area contributed by atoms with Crippen molar-refractivity contribution in [1.82, 2.24) is 10.2 Å². The van der Waals surface area contributed by atoms with Crippen LogP contribution >= 0.6 is 0 Å². The second-order valence-corrected chi connectivity index (χ2v) is 5.68. The fourth-order valence-corrected chi connectivity index (χ4v) is 2.86. The number of piperazine rings is 1. The van der Waals surface area contributed by atoms with Crippen LogP contribution in [0.5, 0.6) is 0 Å². The monoisotopic (exact) mass is 270 g/mol. The number of nitrogens with one attached hydrogen (secondary N) is 1. The van der Waals surface area contributed by atoms with Gasteiger partial charge in [0, 0.05) is 25.2 Å². The summed E-state index contributed by atoms with van der Waals surface area (Å²) in [4.78, 5) is 2.53.